The molecule has 190 valence electrons. The number of benzene rings is 2. The molecule has 0 saturated heterocycles. The Bertz CT molecular complexity index is 1510. The standard InChI is InChI=1S/C27H27N5O5/c1-17-4-7-20(8-5-17)16-31-25(30-26(35)32(27(31)36)15-19(3)24(33)34)29-21-9-11-22(12-10-21)37-23-13-6-18(2)14-28-23/h4-14,19H,15-16H2,1-3H3,(H,33,34)(H,29,30,35)/t19-/m0/s1. The molecule has 0 amide bonds. The maximum Gasteiger partial charge on any atom is 0.354 e. The van der Waals surface area contributed by atoms with Gasteiger partial charge >= 0.3 is 17.3 Å². The number of hydrogen-bond donors (Lipinski definition) is 2. The molecule has 0 aliphatic carbocycles. The van der Waals surface area contributed by atoms with Crippen molar-refractivity contribution in [3.63, 3.8) is 0 Å². The van der Waals surface area contributed by atoms with Crippen LogP contribution in [0.4, 0.5) is 11.6 Å². The lowest BCUT2D eigenvalue weighted by atomic mass is 10.1. The van der Waals surface area contributed by atoms with Crippen molar-refractivity contribution in [2.75, 3.05) is 5.32 Å². The van der Waals surface area contributed by atoms with Crippen molar-refractivity contribution in [3.8, 4) is 11.6 Å². The number of ether oxygens (including phenoxy) is 1. The van der Waals surface area contributed by atoms with E-state index in [9.17, 15) is 19.5 Å². The van der Waals surface area contributed by atoms with Crippen LogP contribution < -0.4 is 21.4 Å². The van der Waals surface area contributed by atoms with Gasteiger partial charge in [-0.25, -0.2) is 19.1 Å². The van der Waals surface area contributed by atoms with Crippen LogP contribution in [-0.2, 0) is 17.9 Å². The fourth-order valence-electron chi connectivity index (χ4n) is 3.52. The fraction of sp³-hybridized carbons (Fsp3) is 0.222. The van der Waals surface area contributed by atoms with Gasteiger partial charge in [-0.1, -0.05) is 42.8 Å². The van der Waals surface area contributed by atoms with Crippen molar-refractivity contribution in [1.82, 2.24) is 19.1 Å². The van der Waals surface area contributed by atoms with E-state index in [2.05, 4.69) is 15.3 Å². The Labute approximate surface area is 212 Å². The molecule has 0 aliphatic rings. The highest BCUT2D eigenvalue weighted by molar-refractivity contribution is 5.69. The summed E-state index contributed by atoms with van der Waals surface area (Å²) in [6.45, 7) is 5.18. The molecule has 0 unspecified atom stereocenters. The van der Waals surface area contributed by atoms with E-state index in [0.29, 0.717) is 17.3 Å². The Morgan fingerprint density at radius 1 is 0.973 bits per heavy atom. The summed E-state index contributed by atoms with van der Waals surface area (Å²) in [5.74, 6) is -0.983. The largest absolute Gasteiger partial charge is 0.481 e. The molecule has 1 atom stereocenters. The summed E-state index contributed by atoms with van der Waals surface area (Å²) in [4.78, 5) is 45.7. The van der Waals surface area contributed by atoms with Crippen molar-refractivity contribution in [2.24, 2.45) is 5.92 Å². The normalized spacial score (nSPS) is 11.6. The molecule has 2 aromatic heterocycles. The first-order valence-electron chi connectivity index (χ1n) is 11.7. The van der Waals surface area contributed by atoms with Crippen molar-refractivity contribution in [1.29, 1.82) is 0 Å². The van der Waals surface area contributed by atoms with Gasteiger partial charge in [0.1, 0.15) is 5.75 Å². The lowest BCUT2D eigenvalue weighted by Crippen LogP contribution is -2.44. The van der Waals surface area contributed by atoms with Gasteiger partial charge in [0.15, 0.2) is 0 Å². The number of aromatic nitrogens is 4. The Hall–Kier alpha value is -4.73. The van der Waals surface area contributed by atoms with Gasteiger partial charge in [0.25, 0.3) is 0 Å². The highest BCUT2D eigenvalue weighted by Gasteiger charge is 2.19. The van der Waals surface area contributed by atoms with Gasteiger partial charge in [-0.2, -0.15) is 4.98 Å². The third-order valence-corrected chi connectivity index (χ3v) is 5.71. The minimum atomic E-state index is -1.11. The van der Waals surface area contributed by atoms with Crippen LogP contribution in [0.5, 0.6) is 11.6 Å². The minimum absolute atomic E-state index is 0.0451. The molecule has 4 aromatic rings. The van der Waals surface area contributed by atoms with E-state index in [4.69, 9.17) is 4.74 Å². The second kappa shape index (κ2) is 10.9. The monoisotopic (exact) mass is 501 g/mol. The summed E-state index contributed by atoms with van der Waals surface area (Å²) < 4.78 is 7.92. The number of aliphatic carboxylic acids is 1. The lowest BCUT2D eigenvalue weighted by molar-refractivity contribution is -0.141. The molecule has 10 heteroatoms. The molecule has 0 bridgehead atoms. The molecular formula is C27H27N5O5. The van der Waals surface area contributed by atoms with Gasteiger partial charge in [0.2, 0.25) is 11.8 Å². The van der Waals surface area contributed by atoms with Crippen LogP contribution in [0.3, 0.4) is 0 Å². The number of aryl methyl sites for hydroxylation is 2. The quantitative estimate of drug-likeness (QED) is 0.355. The predicted octanol–water partition coefficient (Wildman–Crippen LogP) is 3.72. The average Bonchev–Trinajstić information content (AvgIpc) is 2.87. The number of pyridine rings is 1. The topological polar surface area (TPSA) is 128 Å². The molecule has 37 heavy (non-hydrogen) atoms. The Morgan fingerprint density at radius 3 is 2.27 bits per heavy atom. The number of nitrogens with one attached hydrogen (secondary N) is 1. The number of carbonyl (C=O) groups is 1. The van der Waals surface area contributed by atoms with Crippen LogP contribution in [0.25, 0.3) is 0 Å². The second-order valence-electron chi connectivity index (χ2n) is 8.85. The molecule has 0 aliphatic heterocycles. The maximum atomic E-state index is 13.3. The fourth-order valence-corrected chi connectivity index (χ4v) is 3.52. The van der Waals surface area contributed by atoms with Gasteiger partial charge in [-0.15, -0.1) is 0 Å². The van der Waals surface area contributed by atoms with Gasteiger partial charge in [-0.3, -0.25) is 9.36 Å². The molecule has 0 spiro atoms. The maximum absolute atomic E-state index is 13.3. The number of carboxylic acids is 1. The molecule has 2 N–H and O–H groups in total. The smallest absolute Gasteiger partial charge is 0.354 e. The van der Waals surface area contributed by atoms with E-state index in [0.717, 1.165) is 21.3 Å². The SMILES string of the molecule is Cc1ccc(Cn2c(Nc3ccc(Oc4ccc(C)cn4)cc3)nc(=O)n(C[C@H](C)C(=O)O)c2=O)cc1. The van der Waals surface area contributed by atoms with E-state index in [1.165, 1.54) is 11.5 Å². The van der Waals surface area contributed by atoms with Crippen LogP contribution in [0.15, 0.2) is 76.4 Å². The molecule has 2 heterocycles. The Morgan fingerprint density at radius 2 is 1.65 bits per heavy atom. The summed E-state index contributed by atoms with van der Waals surface area (Å²) in [6, 6.07) is 18.2. The van der Waals surface area contributed by atoms with Crippen LogP contribution in [0, 0.1) is 19.8 Å². The van der Waals surface area contributed by atoms with Gasteiger partial charge in [0, 0.05) is 24.5 Å². The van der Waals surface area contributed by atoms with E-state index in [-0.39, 0.29) is 19.0 Å². The van der Waals surface area contributed by atoms with E-state index >= 15 is 0 Å². The number of anilines is 2. The zero-order valence-electron chi connectivity index (χ0n) is 20.7. The molecule has 0 saturated carbocycles. The van der Waals surface area contributed by atoms with Gasteiger partial charge in [0.05, 0.1) is 12.5 Å². The van der Waals surface area contributed by atoms with E-state index in [1.54, 1.807) is 36.5 Å². The van der Waals surface area contributed by atoms with Crippen molar-refractivity contribution < 1.29 is 14.6 Å². The van der Waals surface area contributed by atoms with Crippen LogP contribution in [0.1, 0.15) is 23.6 Å². The molecule has 10 nitrogen and oxygen atoms in total. The molecule has 0 fully saturated rings. The number of hydrogen-bond acceptors (Lipinski definition) is 7. The Balaban J connectivity index is 1.65. The molecule has 4 rings (SSSR count). The minimum Gasteiger partial charge on any atom is -0.481 e. The summed E-state index contributed by atoms with van der Waals surface area (Å²) in [5, 5.41) is 12.3. The molecular weight excluding hydrogens is 474 g/mol. The first kappa shape index (κ1) is 25.4. The first-order valence-corrected chi connectivity index (χ1v) is 11.7. The van der Waals surface area contributed by atoms with Gasteiger partial charge in [-0.05, 0) is 49.2 Å². The zero-order valence-corrected chi connectivity index (χ0v) is 20.7. The summed E-state index contributed by atoms with van der Waals surface area (Å²) in [7, 11) is 0. The van der Waals surface area contributed by atoms with Crippen LogP contribution in [0.2, 0.25) is 0 Å². The summed E-state index contributed by atoms with van der Waals surface area (Å²) in [6.07, 6.45) is 1.71. The summed E-state index contributed by atoms with van der Waals surface area (Å²) >= 11 is 0. The van der Waals surface area contributed by atoms with Crippen molar-refractivity contribution in [3.05, 3.63) is 105 Å². The second-order valence-corrected chi connectivity index (χ2v) is 8.85. The Kier molecular flexibility index (Phi) is 7.47. The highest BCUT2D eigenvalue weighted by Crippen LogP contribution is 2.23. The average molecular weight is 502 g/mol. The van der Waals surface area contributed by atoms with Crippen molar-refractivity contribution >= 4 is 17.6 Å². The van der Waals surface area contributed by atoms with Crippen molar-refractivity contribution in [2.45, 2.75) is 33.9 Å². The molecule has 0 radical (unpaired) electrons. The third-order valence-electron chi connectivity index (χ3n) is 5.71. The zero-order chi connectivity index (χ0) is 26.5. The number of nitrogens with zero attached hydrogens (tertiary/aromatic N) is 4. The predicted molar refractivity (Wildman–Crippen MR) is 139 cm³/mol. The van der Waals surface area contributed by atoms with E-state index in [1.807, 2.05) is 44.2 Å². The number of rotatable bonds is 9. The van der Waals surface area contributed by atoms with Crippen LogP contribution >= 0.6 is 0 Å². The lowest BCUT2D eigenvalue weighted by Gasteiger charge is -2.17. The highest BCUT2D eigenvalue weighted by atomic mass is 16.5. The molecule has 2 aromatic carbocycles. The summed E-state index contributed by atoms with van der Waals surface area (Å²) in [5.41, 5.74) is 2.01. The first-order chi connectivity index (χ1) is 17.7. The van der Waals surface area contributed by atoms with Gasteiger partial charge < -0.3 is 15.2 Å². The van der Waals surface area contributed by atoms with Crippen LogP contribution in [-0.4, -0.2) is 30.2 Å². The number of carboxylic acid groups (broad SMARTS) is 1. The van der Waals surface area contributed by atoms with E-state index < -0.39 is 23.3 Å². The third kappa shape index (κ3) is 6.29.